The second-order valence-corrected chi connectivity index (χ2v) is 11.3. The van der Waals surface area contributed by atoms with Gasteiger partial charge >= 0.3 is 0 Å². The Balaban J connectivity index is 1.71. The van der Waals surface area contributed by atoms with Crippen LogP contribution in [0.5, 0.6) is 0 Å². The molecule has 1 N–H and O–H groups in total. The number of hydrogen-bond acceptors (Lipinski definition) is 5. The van der Waals surface area contributed by atoms with E-state index in [1.807, 2.05) is 49.5 Å². The number of amides is 1. The summed E-state index contributed by atoms with van der Waals surface area (Å²) in [4.78, 5) is 41.4. The van der Waals surface area contributed by atoms with E-state index in [1.54, 1.807) is 16.7 Å². The second-order valence-electron chi connectivity index (χ2n) is 10.3. The molecule has 1 amide bonds. The van der Waals surface area contributed by atoms with Gasteiger partial charge in [-0.3, -0.25) is 19.3 Å². The number of thiophene rings is 1. The molecule has 0 aliphatic heterocycles. The van der Waals surface area contributed by atoms with Crippen molar-refractivity contribution in [2.45, 2.75) is 33.5 Å². The predicted octanol–water partition coefficient (Wildman–Crippen LogP) is 6.85. The third-order valence-corrected chi connectivity index (χ3v) is 8.28. The number of aromatic nitrogens is 1. The summed E-state index contributed by atoms with van der Waals surface area (Å²) in [6.07, 6.45) is 1.40. The number of Topliss-reactive ketones (excluding diaryl/α,β-unsaturated/α-hetero) is 1. The normalized spacial score (nSPS) is 11.3. The highest BCUT2D eigenvalue weighted by atomic mass is 32.1. The van der Waals surface area contributed by atoms with Crippen molar-refractivity contribution in [1.82, 2.24) is 9.47 Å². The predicted molar refractivity (Wildman–Crippen MR) is 163 cm³/mol. The summed E-state index contributed by atoms with van der Waals surface area (Å²) in [5, 5.41) is 3.11. The minimum atomic E-state index is -0.709. The van der Waals surface area contributed by atoms with E-state index >= 15 is 0 Å². The number of halogens is 2. The van der Waals surface area contributed by atoms with Crippen molar-refractivity contribution in [2.24, 2.45) is 0 Å². The third-order valence-electron chi connectivity index (χ3n) is 6.97. The zero-order chi connectivity index (χ0) is 30.0. The molecule has 0 aliphatic rings. The fraction of sp³-hybridized carbons (Fsp3) is 0.182. The number of nitrogens with one attached hydrogen (secondary N) is 1. The molecule has 0 bridgehead atoms. The molecular weight excluding hydrogens is 556 g/mol. The van der Waals surface area contributed by atoms with E-state index < -0.39 is 22.8 Å². The number of pyridine rings is 1. The first-order valence-electron chi connectivity index (χ1n) is 13.4. The summed E-state index contributed by atoms with van der Waals surface area (Å²) in [5.41, 5.74) is 2.63. The molecule has 5 aromatic rings. The van der Waals surface area contributed by atoms with Gasteiger partial charge < -0.3 is 9.88 Å². The molecule has 6 nitrogen and oxygen atoms in total. The first-order valence-corrected chi connectivity index (χ1v) is 14.2. The maximum absolute atomic E-state index is 14.7. The Morgan fingerprint density at radius 3 is 2.17 bits per heavy atom. The van der Waals surface area contributed by atoms with E-state index in [4.69, 9.17) is 0 Å². The van der Waals surface area contributed by atoms with Crippen LogP contribution in [0, 0.1) is 11.6 Å². The van der Waals surface area contributed by atoms with Gasteiger partial charge in [0.05, 0.1) is 17.5 Å². The van der Waals surface area contributed by atoms with Gasteiger partial charge in [-0.05, 0) is 54.9 Å². The van der Waals surface area contributed by atoms with E-state index in [-0.39, 0.29) is 23.6 Å². The quantitative estimate of drug-likeness (QED) is 0.192. The standard InChI is InChI=1S/C33H29F2N3O3S/c1-20(39)25-18-38(19-26-28(34)10-7-11-29(26)35)33-30(31(25)41)27(17-37(3)16-22-8-5-4-6-9-22)32(42-33)23-12-14-24(15-13-23)36-21(2)40/h4-15,18H,16-17,19H2,1-3H3,(H,36,40). The Kier molecular flexibility index (Phi) is 8.42. The van der Waals surface area contributed by atoms with E-state index in [1.165, 1.54) is 49.6 Å². The number of fused-ring (bicyclic) bond motifs is 1. The van der Waals surface area contributed by atoms with Crippen molar-refractivity contribution in [1.29, 1.82) is 0 Å². The number of benzene rings is 3. The lowest BCUT2D eigenvalue weighted by Crippen LogP contribution is -2.21. The van der Waals surface area contributed by atoms with Gasteiger partial charge in [0.15, 0.2) is 5.78 Å². The van der Waals surface area contributed by atoms with E-state index in [2.05, 4.69) is 10.2 Å². The first kappa shape index (κ1) is 29.0. The molecule has 42 heavy (non-hydrogen) atoms. The SMILES string of the molecule is CC(=O)Nc1ccc(-c2sc3c(c2CN(C)Cc2ccccc2)c(=O)c(C(C)=O)cn3Cc2c(F)cccc2F)cc1. The maximum Gasteiger partial charge on any atom is 0.221 e. The van der Waals surface area contributed by atoms with Crippen LogP contribution < -0.4 is 10.7 Å². The second kappa shape index (κ2) is 12.2. The van der Waals surface area contributed by atoms with Crippen LogP contribution in [-0.4, -0.2) is 28.2 Å². The number of rotatable bonds is 9. The number of ketones is 1. The lowest BCUT2D eigenvalue weighted by atomic mass is 10.0. The molecule has 0 unspecified atom stereocenters. The minimum Gasteiger partial charge on any atom is -0.334 e. The topological polar surface area (TPSA) is 71.4 Å². The van der Waals surface area contributed by atoms with Crippen LogP contribution in [0.15, 0.2) is 83.8 Å². The Bertz CT molecular complexity index is 1830. The van der Waals surface area contributed by atoms with E-state index in [0.29, 0.717) is 29.0 Å². The van der Waals surface area contributed by atoms with Crippen molar-refractivity contribution in [3.05, 3.63) is 123 Å². The molecule has 0 radical (unpaired) electrons. The van der Waals surface area contributed by atoms with Gasteiger partial charge in [0.25, 0.3) is 0 Å². The third kappa shape index (κ3) is 6.07. The molecule has 9 heteroatoms. The van der Waals surface area contributed by atoms with Gasteiger partial charge in [-0.25, -0.2) is 8.78 Å². The zero-order valence-corrected chi connectivity index (χ0v) is 24.2. The molecule has 0 saturated heterocycles. The molecule has 0 spiro atoms. The van der Waals surface area contributed by atoms with Crippen LogP contribution in [0.1, 0.15) is 40.9 Å². The molecule has 0 fully saturated rings. The van der Waals surface area contributed by atoms with Crippen LogP contribution in [0.25, 0.3) is 20.7 Å². The van der Waals surface area contributed by atoms with E-state index in [9.17, 15) is 23.2 Å². The molecule has 5 rings (SSSR count). The molecule has 2 heterocycles. The largest absolute Gasteiger partial charge is 0.334 e. The monoisotopic (exact) mass is 585 g/mol. The summed E-state index contributed by atoms with van der Waals surface area (Å²) in [6.45, 7) is 3.53. The highest BCUT2D eigenvalue weighted by Gasteiger charge is 2.24. The first-order chi connectivity index (χ1) is 20.1. The summed E-state index contributed by atoms with van der Waals surface area (Å²) in [6, 6.07) is 20.8. The smallest absolute Gasteiger partial charge is 0.221 e. The molecule has 214 valence electrons. The number of carbonyl (C=O) groups is 2. The van der Waals surface area contributed by atoms with Crippen LogP contribution in [-0.2, 0) is 24.4 Å². The fourth-order valence-corrected chi connectivity index (χ4v) is 6.32. The van der Waals surface area contributed by atoms with Gasteiger partial charge in [0.1, 0.15) is 16.5 Å². The Hall–Kier alpha value is -4.47. The van der Waals surface area contributed by atoms with Gasteiger partial charge in [-0.2, -0.15) is 0 Å². The van der Waals surface area contributed by atoms with Crippen LogP contribution in [0.2, 0.25) is 0 Å². The molecule has 0 aliphatic carbocycles. The number of nitrogens with zero attached hydrogens (tertiary/aromatic N) is 2. The van der Waals surface area contributed by atoms with Crippen LogP contribution in [0.3, 0.4) is 0 Å². The van der Waals surface area contributed by atoms with Crippen LogP contribution >= 0.6 is 11.3 Å². The number of anilines is 1. The van der Waals surface area contributed by atoms with Gasteiger partial charge in [0, 0.05) is 42.3 Å². The molecule has 0 atom stereocenters. The Morgan fingerprint density at radius 2 is 1.55 bits per heavy atom. The Labute approximate surface area is 245 Å². The molecule has 2 aromatic heterocycles. The summed E-state index contributed by atoms with van der Waals surface area (Å²) in [5.74, 6) is -2.04. The maximum atomic E-state index is 14.7. The highest BCUT2D eigenvalue weighted by molar-refractivity contribution is 7.22. The molecular formula is C33H29F2N3O3S. The average molecular weight is 586 g/mol. The summed E-state index contributed by atoms with van der Waals surface area (Å²) in [7, 11) is 1.95. The molecule has 3 aromatic carbocycles. The zero-order valence-electron chi connectivity index (χ0n) is 23.4. The average Bonchev–Trinajstić information content (AvgIpc) is 3.32. The van der Waals surface area contributed by atoms with Gasteiger partial charge in [-0.1, -0.05) is 48.5 Å². The van der Waals surface area contributed by atoms with Crippen molar-refractivity contribution in [3.8, 4) is 10.4 Å². The number of carbonyl (C=O) groups excluding carboxylic acids is 2. The molecule has 0 saturated carbocycles. The van der Waals surface area contributed by atoms with Crippen molar-refractivity contribution in [2.75, 3.05) is 12.4 Å². The van der Waals surface area contributed by atoms with Gasteiger partial charge in [0.2, 0.25) is 11.3 Å². The highest BCUT2D eigenvalue weighted by Crippen LogP contribution is 2.39. The fourth-order valence-electron chi connectivity index (χ4n) is 5.03. The summed E-state index contributed by atoms with van der Waals surface area (Å²) >= 11 is 1.33. The lowest BCUT2D eigenvalue weighted by molar-refractivity contribution is -0.114. The van der Waals surface area contributed by atoms with Gasteiger partial charge in [-0.15, -0.1) is 11.3 Å². The van der Waals surface area contributed by atoms with E-state index in [0.717, 1.165) is 21.6 Å². The van der Waals surface area contributed by atoms with Crippen molar-refractivity contribution >= 4 is 38.9 Å². The Morgan fingerprint density at radius 1 is 0.881 bits per heavy atom. The van der Waals surface area contributed by atoms with Crippen molar-refractivity contribution in [3.63, 3.8) is 0 Å². The lowest BCUT2D eigenvalue weighted by Gasteiger charge is -2.18. The van der Waals surface area contributed by atoms with Crippen molar-refractivity contribution < 1.29 is 18.4 Å². The van der Waals surface area contributed by atoms with Crippen LogP contribution in [0.4, 0.5) is 14.5 Å². The minimum absolute atomic E-state index is 0.0448. The number of hydrogen-bond donors (Lipinski definition) is 1. The summed E-state index contributed by atoms with van der Waals surface area (Å²) < 4.78 is 31.0.